The number of nitrogens with zero attached hydrogens (tertiary/aromatic N) is 2. The summed E-state index contributed by atoms with van der Waals surface area (Å²) in [5.41, 5.74) is 0. The second kappa shape index (κ2) is 6.44. The highest BCUT2D eigenvalue weighted by Gasteiger charge is 2.35. The van der Waals surface area contributed by atoms with Crippen LogP contribution in [0.15, 0.2) is 0 Å². The van der Waals surface area contributed by atoms with Crippen molar-refractivity contribution in [2.45, 2.75) is 83.6 Å². The molecule has 2 rings (SSSR count). The van der Waals surface area contributed by atoms with Crippen LogP contribution in [-0.4, -0.2) is 59.5 Å². The highest BCUT2D eigenvalue weighted by molar-refractivity contribution is 5.78. The van der Waals surface area contributed by atoms with E-state index in [0.29, 0.717) is 24.7 Å². The minimum Gasteiger partial charge on any atom is -0.337 e. The van der Waals surface area contributed by atoms with Crippen LogP contribution < -0.4 is 5.32 Å². The zero-order valence-corrected chi connectivity index (χ0v) is 13.7. The summed E-state index contributed by atoms with van der Waals surface area (Å²) in [4.78, 5) is 16.8. The van der Waals surface area contributed by atoms with Gasteiger partial charge in [-0.15, -0.1) is 0 Å². The van der Waals surface area contributed by atoms with E-state index in [-0.39, 0.29) is 18.0 Å². The molecule has 2 fully saturated rings. The Balaban J connectivity index is 1.90. The van der Waals surface area contributed by atoms with E-state index in [9.17, 15) is 4.79 Å². The summed E-state index contributed by atoms with van der Waals surface area (Å²) in [5, 5.41) is 3.67. The van der Waals surface area contributed by atoms with Gasteiger partial charge < -0.3 is 10.2 Å². The Labute approximate surface area is 123 Å². The zero-order valence-electron chi connectivity index (χ0n) is 13.7. The Morgan fingerprint density at radius 2 is 1.60 bits per heavy atom. The van der Waals surface area contributed by atoms with Crippen LogP contribution >= 0.6 is 0 Å². The highest BCUT2D eigenvalue weighted by atomic mass is 16.2. The van der Waals surface area contributed by atoms with Crippen LogP contribution in [0.4, 0.5) is 0 Å². The van der Waals surface area contributed by atoms with Gasteiger partial charge in [0.15, 0.2) is 0 Å². The van der Waals surface area contributed by atoms with E-state index in [1.165, 1.54) is 25.7 Å². The van der Waals surface area contributed by atoms with Crippen LogP contribution in [0.5, 0.6) is 0 Å². The number of nitrogens with one attached hydrogen (secondary N) is 1. The van der Waals surface area contributed by atoms with Crippen molar-refractivity contribution < 1.29 is 4.79 Å². The molecule has 2 unspecified atom stereocenters. The molecule has 4 nitrogen and oxygen atoms in total. The van der Waals surface area contributed by atoms with Crippen molar-refractivity contribution >= 4 is 5.91 Å². The molecule has 2 bridgehead atoms. The minimum atomic E-state index is 0.267. The van der Waals surface area contributed by atoms with Gasteiger partial charge in [-0.2, -0.15) is 0 Å². The van der Waals surface area contributed by atoms with Gasteiger partial charge in [-0.1, -0.05) is 0 Å². The van der Waals surface area contributed by atoms with Crippen molar-refractivity contribution in [1.29, 1.82) is 0 Å². The minimum absolute atomic E-state index is 0.267. The molecule has 2 atom stereocenters. The summed E-state index contributed by atoms with van der Waals surface area (Å²) in [5.74, 6) is 0.267. The van der Waals surface area contributed by atoms with Crippen LogP contribution in [0, 0.1) is 0 Å². The standard InChI is InChI=1S/C16H31N3O/c1-11(2)19(12(3)4)16(20)10-18(5)15-8-13-6-7-14(9-15)17-13/h11-15,17H,6-10H2,1-5H3. The molecular weight excluding hydrogens is 250 g/mol. The number of fused-ring (bicyclic) bond motifs is 2. The maximum atomic E-state index is 12.5. The number of carbonyl (C=O) groups is 1. The molecule has 0 aromatic carbocycles. The highest BCUT2D eigenvalue weighted by Crippen LogP contribution is 2.29. The van der Waals surface area contributed by atoms with E-state index in [4.69, 9.17) is 0 Å². The lowest BCUT2D eigenvalue weighted by molar-refractivity contribution is -0.136. The van der Waals surface area contributed by atoms with Crippen molar-refractivity contribution in [3.63, 3.8) is 0 Å². The quantitative estimate of drug-likeness (QED) is 0.835. The normalized spacial score (nSPS) is 29.5. The van der Waals surface area contributed by atoms with Crippen LogP contribution in [-0.2, 0) is 4.79 Å². The predicted molar refractivity (Wildman–Crippen MR) is 82.7 cm³/mol. The summed E-state index contributed by atoms with van der Waals surface area (Å²) in [6.07, 6.45) is 5.02. The van der Waals surface area contributed by atoms with E-state index in [1.54, 1.807) is 0 Å². The SMILES string of the molecule is CC(C)N(C(=O)CN(C)C1CC2CCC(C1)N2)C(C)C. The van der Waals surface area contributed by atoms with Crippen molar-refractivity contribution in [2.24, 2.45) is 0 Å². The van der Waals surface area contributed by atoms with Crippen molar-refractivity contribution in [1.82, 2.24) is 15.1 Å². The van der Waals surface area contributed by atoms with Crippen LogP contribution in [0.2, 0.25) is 0 Å². The van der Waals surface area contributed by atoms with Gasteiger partial charge in [0, 0.05) is 30.2 Å². The second-order valence-electron chi connectivity index (χ2n) is 7.17. The molecule has 2 aliphatic heterocycles. The summed E-state index contributed by atoms with van der Waals surface area (Å²) in [6, 6.07) is 2.49. The third-order valence-corrected chi connectivity index (χ3v) is 4.86. The predicted octanol–water partition coefficient (Wildman–Crippen LogP) is 1.85. The molecule has 2 aliphatic rings. The van der Waals surface area contributed by atoms with Gasteiger partial charge in [-0.25, -0.2) is 0 Å². The van der Waals surface area contributed by atoms with Gasteiger partial charge in [0.05, 0.1) is 6.54 Å². The molecule has 0 aromatic rings. The zero-order chi connectivity index (χ0) is 14.9. The number of likely N-dealkylation sites (N-methyl/N-ethyl adjacent to an activating group) is 1. The van der Waals surface area contributed by atoms with Gasteiger partial charge in [-0.05, 0) is 60.4 Å². The Bertz CT molecular complexity index is 323. The van der Waals surface area contributed by atoms with E-state index < -0.39 is 0 Å². The molecule has 20 heavy (non-hydrogen) atoms. The Morgan fingerprint density at radius 1 is 1.10 bits per heavy atom. The van der Waals surface area contributed by atoms with Crippen molar-refractivity contribution in [2.75, 3.05) is 13.6 Å². The third kappa shape index (κ3) is 3.53. The van der Waals surface area contributed by atoms with Gasteiger partial charge in [0.2, 0.25) is 5.91 Å². The number of carbonyl (C=O) groups excluding carboxylic acids is 1. The summed E-state index contributed by atoms with van der Waals surface area (Å²) in [6.45, 7) is 8.96. The van der Waals surface area contributed by atoms with Crippen LogP contribution in [0.25, 0.3) is 0 Å². The molecule has 4 heteroatoms. The first-order valence-electron chi connectivity index (χ1n) is 8.16. The van der Waals surface area contributed by atoms with Crippen molar-refractivity contribution in [3.05, 3.63) is 0 Å². The molecular formula is C16H31N3O. The lowest BCUT2D eigenvalue weighted by Gasteiger charge is -2.37. The topological polar surface area (TPSA) is 35.6 Å². The molecule has 0 aliphatic carbocycles. The van der Waals surface area contributed by atoms with Gasteiger partial charge in [0.25, 0.3) is 0 Å². The molecule has 0 radical (unpaired) electrons. The molecule has 2 heterocycles. The lowest BCUT2D eigenvalue weighted by atomic mass is 9.98. The lowest BCUT2D eigenvalue weighted by Crippen LogP contribution is -2.51. The van der Waals surface area contributed by atoms with Crippen molar-refractivity contribution in [3.8, 4) is 0 Å². The number of piperidine rings is 1. The molecule has 1 N–H and O–H groups in total. The maximum Gasteiger partial charge on any atom is 0.237 e. The second-order valence-corrected chi connectivity index (χ2v) is 7.17. The molecule has 0 saturated carbocycles. The number of hydrogen-bond acceptors (Lipinski definition) is 3. The Hall–Kier alpha value is -0.610. The third-order valence-electron chi connectivity index (χ3n) is 4.86. The smallest absolute Gasteiger partial charge is 0.237 e. The van der Waals surface area contributed by atoms with Crippen LogP contribution in [0.3, 0.4) is 0 Å². The fraction of sp³-hybridized carbons (Fsp3) is 0.938. The fourth-order valence-electron chi connectivity index (χ4n) is 3.98. The molecule has 116 valence electrons. The molecule has 1 amide bonds. The number of hydrogen-bond donors (Lipinski definition) is 1. The summed E-state index contributed by atoms with van der Waals surface area (Å²) in [7, 11) is 2.12. The first-order chi connectivity index (χ1) is 9.38. The fourth-order valence-corrected chi connectivity index (χ4v) is 3.98. The van der Waals surface area contributed by atoms with E-state index >= 15 is 0 Å². The average molecular weight is 281 g/mol. The summed E-state index contributed by atoms with van der Waals surface area (Å²) >= 11 is 0. The van der Waals surface area contributed by atoms with E-state index in [2.05, 4.69) is 45.0 Å². The monoisotopic (exact) mass is 281 g/mol. The Morgan fingerprint density at radius 3 is 2.05 bits per heavy atom. The average Bonchev–Trinajstić information content (AvgIpc) is 2.66. The van der Waals surface area contributed by atoms with E-state index in [0.717, 1.165) is 0 Å². The molecule has 0 aromatic heterocycles. The number of amides is 1. The van der Waals surface area contributed by atoms with Gasteiger partial charge >= 0.3 is 0 Å². The van der Waals surface area contributed by atoms with Gasteiger partial charge in [-0.3, -0.25) is 9.69 Å². The first kappa shape index (κ1) is 15.8. The Kier molecular flexibility index (Phi) is 5.08. The van der Waals surface area contributed by atoms with Crippen LogP contribution in [0.1, 0.15) is 53.4 Å². The van der Waals surface area contributed by atoms with E-state index in [1.807, 2.05) is 4.90 Å². The maximum absolute atomic E-state index is 12.5. The number of rotatable bonds is 5. The van der Waals surface area contributed by atoms with Gasteiger partial charge in [0.1, 0.15) is 0 Å². The largest absolute Gasteiger partial charge is 0.337 e. The molecule has 0 spiro atoms. The molecule has 2 saturated heterocycles. The first-order valence-corrected chi connectivity index (χ1v) is 8.16. The summed E-state index contributed by atoms with van der Waals surface area (Å²) < 4.78 is 0.